The number of nitrogens with zero attached hydrogens (tertiary/aromatic N) is 6. The van der Waals surface area contributed by atoms with Gasteiger partial charge in [0.2, 0.25) is 11.8 Å². The topological polar surface area (TPSA) is 128 Å². The number of piperazine rings is 1. The number of aromatic nitrogens is 3. The van der Waals surface area contributed by atoms with E-state index in [1.807, 2.05) is 18.7 Å². The number of rotatable bonds is 7. The minimum atomic E-state index is -0.391. The van der Waals surface area contributed by atoms with Crippen LogP contribution in [0.25, 0.3) is 43.1 Å². The van der Waals surface area contributed by atoms with E-state index in [1.165, 1.54) is 11.3 Å². The summed E-state index contributed by atoms with van der Waals surface area (Å²) in [6.45, 7) is 11.1. The van der Waals surface area contributed by atoms with Gasteiger partial charge < -0.3 is 20.4 Å². The van der Waals surface area contributed by atoms with E-state index in [4.69, 9.17) is 10.1 Å². The van der Waals surface area contributed by atoms with Crippen molar-refractivity contribution in [3.8, 4) is 11.3 Å². The van der Waals surface area contributed by atoms with Crippen LogP contribution in [0.5, 0.6) is 0 Å². The van der Waals surface area contributed by atoms with Crippen LogP contribution in [0.3, 0.4) is 0 Å². The molecule has 4 aliphatic heterocycles. The Kier molecular flexibility index (Phi) is 9.61. The number of amides is 3. The first kappa shape index (κ1) is 36.9. The summed E-state index contributed by atoms with van der Waals surface area (Å²) < 4.78 is 2.97. The molecule has 0 radical (unpaired) electrons. The zero-order chi connectivity index (χ0) is 39.5. The molecule has 3 amide bonds. The largest absolute Gasteiger partial charge is 0.381 e. The summed E-state index contributed by atoms with van der Waals surface area (Å²) in [4.78, 5) is 50.7. The molecule has 0 spiro atoms. The highest BCUT2D eigenvalue weighted by Gasteiger charge is 2.32. The molecule has 7 heterocycles. The predicted octanol–water partition coefficient (Wildman–Crippen LogP) is 6.07. The zero-order valence-corrected chi connectivity index (χ0v) is 33.9. The first-order chi connectivity index (χ1) is 28.3. The van der Waals surface area contributed by atoms with E-state index in [2.05, 4.69) is 97.4 Å². The molecule has 58 heavy (non-hydrogen) atoms. The average Bonchev–Trinajstić information content (AvgIpc) is 3.75. The number of imide groups is 1. The molecule has 0 aliphatic carbocycles. The maximum absolute atomic E-state index is 12.9. The molecule has 0 bridgehead atoms. The molecule has 3 aromatic carbocycles. The molecule has 6 aromatic rings. The fourth-order valence-corrected chi connectivity index (χ4v) is 10.6. The van der Waals surface area contributed by atoms with Crippen LogP contribution in [-0.4, -0.2) is 107 Å². The Bertz CT molecular complexity index is 2580. The second-order valence-corrected chi connectivity index (χ2v) is 17.6. The van der Waals surface area contributed by atoms with Gasteiger partial charge in [-0.05, 0) is 99.3 Å². The molecule has 13 heteroatoms. The molecule has 3 fully saturated rings. The second-order valence-electron chi connectivity index (χ2n) is 16.5. The standard InChI is InChI=1S/C45H49N9O3S/c1-27-26-46-42-40-32-8-10-35(48-36(32)11-12-38(40)58-43(42)45(57)47-27)30-5-3-4-29(24-30)28-14-16-52(17-15-28)18-19-53-20-22-54(23-21-53)31-6-7-33-37(25-31)51(2)50-41(33)34-9-13-39(55)49-44(34)56/h3-8,10-12,24-25,27-28,34,46H,9,13-23,26H2,1-2H3,(H,47,57)(H,49,55,56)/t27-,34?/m1/s1. The van der Waals surface area contributed by atoms with Gasteiger partial charge in [0.25, 0.3) is 5.91 Å². The minimum absolute atomic E-state index is 0.00773. The third-order valence-corrected chi connectivity index (χ3v) is 14.0. The molecule has 3 N–H and O–H groups in total. The molecule has 10 rings (SSSR count). The van der Waals surface area contributed by atoms with Crippen molar-refractivity contribution in [1.29, 1.82) is 0 Å². The Morgan fingerprint density at radius 3 is 2.45 bits per heavy atom. The Balaban J connectivity index is 0.734. The number of nitrogens with one attached hydrogen (secondary N) is 3. The lowest BCUT2D eigenvalue weighted by molar-refractivity contribution is -0.134. The molecular weight excluding hydrogens is 747 g/mol. The lowest BCUT2D eigenvalue weighted by Gasteiger charge is -2.38. The second kappa shape index (κ2) is 15.1. The van der Waals surface area contributed by atoms with Gasteiger partial charge in [-0.3, -0.25) is 29.3 Å². The quantitative estimate of drug-likeness (QED) is 0.165. The molecule has 3 saturated heterocycles. The monoisotopic (exact) mass is 795 g/mol. The Hall–Kier alpha value is -5.37. The van der Waals surface area contributed by atoms with Crippen LogP contribution >= 0.6 is 11.3 Å². The number of carbonyl (C=O) groups is 3. The third kappa shape index (κ3) is 6.88. The summed E-state index contributed by atoms with van der Waals surface area (Å²) in [6, 6.07) is 24.0. The van der Waals surface area contributed by atoms with Gasteiger partial charge in [-0.2, -0.15) is 5.10 Å². The van der Waals surface area contributed by atoms with Crippen LogP contribution in [0.15, 0.2) is 66.7 Å². The SMILES string of the molecule is C[C@@H]1CNc2c(sc3ccc4nc(-c5cccc(C6CCN(CCN7CCN(c8ccc9c(C%10CCC(=O)NC%10=O)nn(C)c9c8)CC7)CC6)c5)ccc4c23)C(=O)N1. The van der Waals surface area contributed by atoms with Gasteiger partial charge in [0.1, 0.15) is 4.88 Å². The van der Waals surface area contributed by atoms with Crippen molar-refractivity contribution < 1.29 is 14.4 Å². The summed E-state index contributed by atoms with van der Waals surface area (Å²) in [5, 5.41) is 17.0. The Labute approximate surface area is 341 Å². The molecule has 0 saturated carbocycles. The zero-order valence-electron chi connectivity index (χ0n) is 33.1. The van der Waals surface area contributed by atoms with Crippen molar-refractivity contribution in [3.63, 3.8) is 0 Å². The van der Waals surface area contributed by atoms with Crippen molar-refractivity contribution in [1.82, 2.24) is 35.2 Å². The van der Waals surface area contributed by atoms with E-state index in [0.29, 0.717) is 25.3 Å². The van der Waals surface area contributed by atoms with Gasteiger partial charge >= 0.3 is 0 Å². The van der Waals surface area contributed by atoms with Gasteiger partial charge in [0, 0.05) is 97.4 Å². The lowest BCUT2D eigenvalue weighted by atomic mass is 9.88. The van der Waals surface area contributed by atoms with E-state index in [9.17, 15) is 14.4 Å². The Morgan fingerprint density at radius 2 is 1.64 bits per heavy atom. The summed E-state index contributed by atoms with van der Waals surface area (Å²) in [5.41, 5.74) is 8.35. The predicted molar refractivity (Wildman–Crippen MR) is 231 cm³/mol. The van der Waals surface area contributed by atoms with Crippen LogP contribution in [-0.2, 0) is 16.6 Å². The van der Waals surface area contributed by atoms with Crippen molar-refractivity contribution in [2.24, 2.45) is 7.05 Å². The molecule has 1 unspecified atom stereocenters. The normalized spacial score (nSPS) is 21.3. The number of piperidine rings is 2. The molecular formula is C45H49N9O3S. The number of benzene rings is 3. The van der Waals surface area contributed by atoms with Gasteiger partial charge in [0.05, 0.1) is 34.0 Å². The van der Waals surface area contributed by atoms with Gasteiger partial charge in [-0.25, -0.2) is 4.98 Å². The highest BCUT2D eigenvalue weighted by molar-refractivity contribution is 7.21. The number of hydrogen-bond donors (Lipinski definition) is 3. The summed E-state index contributed by atoms with van der Waals surface area (Å²) in [7, 11) is 1.93. The van der Waals surface area contributed by atoms with Gasteiger partial charge in [-0.1, -0.05) is 18.2 Å². The maximum atomic E-state index is 12.9. The number of thiophene rings is 1. The highest BCUT2D eigenvalue weighted by atomic mass is 32.1. The van der Waals surface area contributed by atoms with E-state index in [0.717, 1.165) is 125 Å². The van der Waals surface area contributed by atoms with E-state index < -0.39 is 5.92 Å². The maximum Gasteiger partial charge on any atom is 0.263 e. The summed E-state index contributed by atoms with van der Waals surface area (Å²) in [5.74, 6) is -0.311. The first-order valence-electron chi connectivity index (χ1n) is 20.8. The van der Waals surface area contributed by atoms with Crippen LogP contribution in [0.4, 0.5) is 11.4 Å². The van der Waals surface area contributed by atoms with Crippen molar-refractivity contribution in [3.05, 3.63) is 82.9 Å². The van der Waals surface area contributed by atoms with E-state index >= 15 is 0 Å². The third-order valence-electron chi connectivity index (χ3n) is 12.8. The highest BCUT2D eigenvalue weighted by Crippen LogP contribution is 2.42. The fraction of sp³-hybridized carbons (Fsp3) is 0.400. The molecule has 3 aromatic heterocycles. The van der Waals surface area contributed by atoms with Crippen LogP contribution in [0, 0.1) is 0 Å². The minimum Gasteiger partial charge on any atom is -0.381 e. The number of anilines is 2. The molecule has 12 nitrogen and oxygen atoms in total. The number of likely N-dealkylation sites (tertiary alicyclic amines) is 1. The lowest BCUT2D eigenvalue weighted by Crippen LogP contribution is -2.49. The average molecular weight is 796 g/mol. The number of hydrogen-bond acceptors (Lipinski definition) is 10. The summed E-state index contributed by atoms with van der Waals surface area (Å²) >= 11 is 1.54. The number of aryl methyl sites for hydroxylation is 1. The van der Waals surface area contributed by atoms with Crippen molar-refractivity contribution in [2.75, 3.05) is 69.1 Å². The summed E-state index contributed by atoms with van der Waals surface area (Å²) in [6.07, 6.45) is 3.16. The van der Waals surface area contributed by atoms with Crippen molar-refractivity contribution >= 4 is 72.3 Å². The molecule has 4 aliphatic rings. The van der Waals surface area contributed by atoms with Crippen LogP contribution in [0.1, 0.15) is 65.4 Å². The van der Waals surface area contributed by atoms with Crippen LogP contribution in [0.2, 0.25) is 0 Å². The number of carbonyl (C=O) groups excluding carboxylic acids is 3. The first-order valence-corrected chi connectivity index (χ1v) is 21.6. The van der Waals surface area contributed by atoms with Crippen molar-refractivity contribution in [2.45, 2.75) is 50.5 Å². The van der Waals surface area contributed by atoms with Gasteiger partial charge in [-0.15, -0.1) is 11.3 Å². The van der Waals surface area contributed by atoms with E-state index in [1.54, 1.807) is 11.3 Å². The van der Waals surface area contributed by atoms with E-state index in [-0.39, 0.29) is 23.8 Å². The Morgan fingerprint density at radius 1 is 0.845 bits per heavy atom. The molecule has 2 atom stereocenters. The number of fused-ring (bicyclic) bond motifs is 6. The van der Waals surface area contributed by atoms with Gasteiger partial charge in [0.15, 0.2) is 0 Å². The molecule has 298 valence electrons. The fourth-order valence-electron chi connectivity index (χ4n) is 9.52. The smallest absolute Gasteiger partial charge is 0.263 e. The van der Waals surface area contributed by atoms with Crippen LogP contribution < -0.4 is 20.9 Å². The number of pyridine rings is 1.